The fourth-order valence-corrected chi connectivity index (χ4v) is 14.1. The molecule has 0 saturated heterocycles. The first-order valence-electron chi connectivity index (χ1n) is 28.6. The van der Waals surface area contributed by atoms with E-state index in [2.05, 4.69) is 338 Å². The number of rotatable bonds is 12. The van der Waals surface area contributed by atoms with Crippen molar-refractivity contribution in [1.29, 1.82) is 0 Å². The molecule has 0 N–H and O–H groups in total. The van der Waals surface area contributed by atoms with Crippen molar-refractivity contribution in [1.82, 2.24) is 9.61 Å². The minimum atomic E-state index is -0.670. The van der Waals surface area contributed by atoms with Crippen LogP contribution in [0.5, 0.6) is 0 Å². The molecule has 0 radical (unpaired) electrons. The van der Waals surface area contributed by atoms with Gasteiger partial charge >= 0.3 is 0 Å². The van der Waals surface area contributed by atoms with Crippen LogP contribution in [0.2, 0.25) is 0 Å². The number of hydrogen-bond donors (Lipinski definition) is 0. The van der Waals surface area contributed by atoms with Crippen molar-refractivity contribution in [3.05, 3.63) is 378 Å². The Hall–Kier alpha value is -10.6. The molecule has 2 heterocycles. The molecule has 2 aliphatic carbocycles. The lowest BCUT2D eigenvalue weighted by molar-refractivity contribution is 0.759. The van der Waals surface area contributed by atoms with Gasteiger partial charge in [-0.2, -0.15) is 5.10 Å². The molecular formula is C80H57N3. The van der Waals surface area contributed by atoms with Crippen LogP contribution in [0, 0.1) is 0 Å². The van der Waals surface area contributed by atoms with E-state index in [0.717, 1.165) is 72.6 Å². The largest absolute Gasteiger partial charge is 0.314 e. The van der Waals surface area contributed by atoms with Gasteiger partial charge in [-0.15, -0.1) is 0 Å². The summed E-state index contributed by atoms with van der Waals surface area (Å²) in [7, 11) is 0. The Morgan fingerprint density at radius 2 is 0.867 bits per heavy atom. The summed E-state index contributed by atoms with van der Waals surface area (Å²) in [5.74, 6) is 0. The van der Waals surface area contributed by atoms with Crippen LogP contribution in [0.4, 0.5) is 11.4 Å². The van der Waals surface area contributed by atoms with Gasteiger partial charge in [-0.1, -0.05) is 286 Å². The van der Waals surface area contributed by atoms with Gasteiger partial charge < -0.3 is 4.90 Å². The van der Waals surface area contributed by atoms with Crippen LogP contribution >= 0.6 is 0 Å². The van der Waals surface area contributed by atoms with Crippen LogP contribution in [0.3, 0.4) is 0 Å². The lowest BCUT2D eigenvalue weighted by Crippen LogP contribution is -2.30. The molecule has 11 aromatic carbocycles. The Kier molecular flexibility index (Phi) is 12.0. The Morgan fingerprint density at radius 1 is 0.422 bits per heavy atom. The number of nitrogens with zero attached hydrogens (tertiary/aromatic N) is 3. The van der Waals surface area contributed by atoms with Crippen molar-refractivity contribution in [3.8, 4) is 44.8 Å². The molecule has 0 bridgehead atoms. The number of anilines is 2. The summed E-state index contributed by atoms with van der Waals surface area (Å²) in [5.41, 5.74) is 23.7. The number of pyridine rings is 1. The number of allylic oxidation sites excluding steroid dienone is 5. The van der Waals surface area contributed by atoms with Crippen molar-refractivity contribution < 1.29 is 0 Å². The van der Waals surface area contributed by atoms with Crippen molar-refractivity contribution in [2.45, 2.75) is 17.8 Å². The van der Waals surface area contributed by atoms with Crippen molar-refractivity contribution in [2.24, 2.45) is 0 Å². The molecule has 0 atom stereocenters. The van der Waals surface area contributed by atoms with E-state index in [0.29, 0.717) is 0 Å². The topological polar surface area (TPSA) is 20.5 Å². The van der Waals surface area contributed by atoms with Crippen LogP contribution in [0.1, 0.15) is 51.4 Å². The van der Waals surface area contributed by atoms with Gasteiger partial charge in [-0.05, 0) is 121 Å². The van der Waals surface area contributed by atoms with Crippen LogP contribution in [0.15, 0.2) is 333 Å². The van der Waals surface area contributed by atoms with Crippen LogP contribution < -0.4 is 4.90 Å². The van der Waals surface area contributed by atoms with Crippen molar-refractivity contribution >= 4 is 33.2 Å². The highest BCUT2D eigenvalue weighted by Gasteiger charge is 2.48. The maximum Gasteiger partial charge on any atom is 0.101 e. The summed E-state index contributed by atoms with van der Waals surface area (Å²) in [6.45, 7) is 6.87. The Bertz CT molecular complexity index is 4580. The summed E-state index contributed by atoms with van der Waals surface area (Å²) in [6.07, 6.45) is 4.53. The second kappa shape index (κ2) is 20.2. The van der Waals surface area contributed by atoms with Crippen molar-refractivity contribution in [2.75, 3.05) is 4.90 Å². The fraction of sp³-hybridized carbons (Fsp3) is 0.0375. The van der Waals surface area contributed by atoms with Crippen LogP contribution in [-0.2, 0) is 10.8 Å². The molecule has 0 saturated carbocycles. The molecule has 0 unspecified atom stereocenters. The summed E-state index contributed by atoms with van der Waals surface area (Å²) >= 11 is 0. The van der Waals surface area contributed by atoms with E-state index < -0.39 is 10.8 Å². The van der Waals surface area contributed by atoms with Gasteiger partial charge in [-0.3, -0.25) is 0 Å². The molecule has 392 valence electrons. The van der Waals surface area contributed by atoms with E-state index in [1.807, 2.05) is 0 Å². The van der Waals surface area contributed by atoms with Crippen LogP contribution in [0.25, 0.3) is 66.6 Å². The predicted octanol–water partition coefficient (Wildman–Crippen LogP) is 19.9. The van der Waals surface area contributed by atoms with E-state index in [-0.39, 0.29) is 0 Å². The molecule has 3 nitrogen and oxygen atoms in total. The first-order valence-corrected chi connectivity index (χ1v) is 28.6. The van der Waals surface area contributed by atoms with Gasteiger partial charge in [0.1, 0.15) is 5.69 Å². The Balaban J connectivity index is 1.04. The van der Waals surface area contributed by atoms with Crippen LogP contribution in [-0.4, -0.2) is 9.61 Å². The highest BCUT2D eigenvalue weighted by molar-refractivity contribution is 6.09. The third kappa shape index (κ3) is 7.69. The smallest absolute Gasteiger partial charge is 0.101 e. The SMILES string of the molecule is C=CC1=C(/C=C(\C)N(c2ccc3c(c2)C(c2ccccc2)(c2ccccc2)c2ccccc2-3)c2ccc3c(c2)cc(-c2ccccc2)n2nc(-c4ccccc4)c(-c4ccccc4)c32)C(c2ccccc2)(c2ccccc2)c2ccccc21. The number of aromatic nitrogens is 2. The average Bonchev–Trinajstić information content (AvgIpc) is 3.52. The number of benzene rings is 11. The summed E-state index contributed by atoms with van der Waals surface area (Å²) in [6, 6.07) is 111. The number of hydrogen-bond acceptors (Lipinski definition) is 2. The maximum atomic E-state index is 5.57. The molecule has 15 rings (SSSR count). The number of fused-ring (bicyclic) bond motifs is 7. The van der Waals surface area contributed by atoms with Gasteiger partial charge in [0.2, 0.25) is 0 Å². The van der Waals surface area contributed by atoms with Gasteiger partial charge in [0.25, 0.3) is 0 Å². The molecule has 2 aliphatic rings. The Labute approximate surface area is 485 Å². The summed E-state index contributed by atoms with van der Waals surface area (Å²) in [5, 5.41) is 7.78. The van der Waals surface area contributed by atoms with E-state index in [1.54, 1.807) is 0 Å². The van der Waals surface area contributed by atoms with Crippen molar-refractivity contribution in [3.63, 3.8) is 0 Å². The second-order valence-electron chi connectivity index (χ2n) is 21.8. The molecule has 2 aromatic heterocycles. The minimum Gasteiger partial charge on any atom is -0.314 e. The molecule has 0 amide bonds. The predicted molar refractivity (Wildman–Crippen MR) is 345 cm³/mol. The van der Waals surface area contributed by atoms with E-state index in [9.17, 15) is 0 Å². The van der Waals surface area contributed by atoms with Gasteiger partial charge in [0.15, 0.2) is 0 Å². The van der Waals surface area contributed by atoms with E-state index in [1.165, 1.54) is 61.2 Å². The lowest BCUT2D eigenvalue weighted by atomic mass is 9.66. The maximum absolute atomic E-state index is 5.57. The van der Waals surface area contributed by atoms with Gasteiger partial charge in [0.05, 0.1) is 22.0 Å². The monoisotopic (exact) mass is 1060 g/mol. The summed E-state index contributed by atoms with van der Waals surface area (Å²) in [4.78, 5) is 2.50. The fourth-order valence-electron chi connectivity index (χ4n) is 14.1. The molecule has 0 fully saturated rings. The molecule has 13 aromatic rings. The highest BCUT2D eigenvalue weighted by atomic mass is 15.2. The highest BCUT2D eigenvalue weighted by Crippen LogP contribution is 2.59. The molecule has 0 spiro atoms. The average molecular weight is 1060 g/mol. The zero-order valence-corrected chi connectivity index (χ0v) is 46.1. The normalized spacial score (nSPS) is 13.9. The first kappa shape index (κ1) is 49.4. The molecular weight excluding hydrogens is 1000 g/mol. The van der Waals surface area contributed by atoms with Gasteiger partial charge in [0, 0.05) is 39.1 Å². The zero-order valence-electron chi connectivity index (χ0n) is 46.1. The van der Waals surface area contributed by atoms with E-state index in [4.69, 9.17) is 5.10 Å². The quantitative estimate of drug-likeness (QED) is 0.122. The third-order valence-electron chi connectivity index (χ3n) is 17.5. The summed E-state index contributed by atoms with van der Waals surface area (Å²) < 4.78 is 2.18. The van der Waals surface area contributed by atoms with Gasteiger partial charge in [-0.25, -0.2) is 4.52 Å². The second-order valence-corrected chi connectivity index (χ2v) is 21.8. The standard InChI is InChI=1S/C80H57N3/c1-3-66-68-43-25-27-45-71(68)79(60-35-17-7-18-36-60,61-37-19-8-20-38-61)73(66)51-55(2)82(65-48-50-70-69-44-26-28-46-72(69)80(74(70)54-65,62-39-21-9-22-40-62)63-41-23-10-24-42-63)64-47-49-67-59(52-64)53-75(56-29-11-4-12-30-56)83-78(67)76(57-31-13-5-14-32-57)77(81-83)58-33-15-6-16-34-58/h3-54H,1H2,2H3/b55-51+. The molecule has 83 heavy (non-hydrogen) atoms. The molecule has 3 heteroatoms. The minimum absolute atomic E-state index is 0.610. The third-order valence-corrected chi connectivity index (χ3v) is 17.5. The zero-order chi connectivity index (χ0) is 55.5. The first-order chi connectivity index (χ1) is 41.1. The Morgan fingerprint density at radius 3 is 1.43 bits per heavy atom. The van der Waals surface area contributed by atoms with E-state index >= 15 is 0 Å². The lowest BCUT2D eigenvalue weighted by Gasteiger charge is -2.36. The molecule has 0 aliphatic heterocycles.